The van der Waals surface area contributed by atoms with Crippen LogP contribution in [0.3, 0.4) is 0 Å². The van der Waals surface area contributed by atoms with Crippen molar-refractivity contribution in [1.29, 1.82) is 0 Å². The van der Waals surface area contributed by atoms with E-state index in [1.165, 1.54) is 24.3 Å². The first-order valence-corrected chi connectivity index (χ1v) is 12.6. The summed E-state index contributed by atoms with van der Waals surface area (Å²) in [6.07, 6.45) is 6.66. The Balaban J connectivity index is 1.34. The highest BCUT2D eigenvalue weighted by Gasteiger charge is 2.29. The number of aromatic nitrogens is 2. The van der Waals surface area contributed by atoms with E-state index in [1.807, 2.05) is 12.4 Å². The molecular weight excluding hydrogens is 448 g/mol. The molecule has 33 heavy (non-hydrogen) atoms. The van der Waals surface area contributed by atoms with Crippen LogP contribution in [-0.4, -0.2) is 44.3 Å². The standard InChI is InChI=1S/C24H25F2N3O3S/c1-3-4-16-11-27-24(28-12-16)29-13-17(14-29)15-32-22-7-5-18(9-20(22)25)19-6-8-23(21(26)10-19)33(2,30)31/h5-12,17H,3-4,13-15H2,1-2H3. The minimum atomic E-state index is -3.67. The van der Waals surface area contributed by atoms with E-state index < -0.39 is 21.5 Å². The average molecular weight is 474 g/mol. The third-order valence-electron chi connectivity index (χ3n) is 5.54. The Morgan fingerprint density at radius 1 is 1.03 bits per heavy atom. The minimum Gasteiger partial charge on any atom is -0.490 e. The van der Waals surface area contributed by atoms with Gasteiger partial charge in [0, 0.05) is 37.7 Å². The Labute approximate surface area is 192 Å². The number of rotatable bonds is 8. The van der Waals surface area contributed by atoms with Gasteiger partial charge in [-0.15, -0.1) is 0 Å². The monoisotopic (exact) mass is 473 g/mol. The Kier molecular flexibility index (Phi) is 6.60. The van der Waals surface area contributed by atoms with E-state index in [0.717, 1.165) is 43.8 Å². The molecule has 0 bridgehead atoms. The van der Waals surface area contributed by atoms with Crippen molar-refractivity contribution >= 4 is 15.8 Å². The van der Waals surface area contributed by atoms with Crippen LogP contribution in [0.2, 0.25) is 0 Å². The van der Waals surface area contributed by atoms with Gasteiger partial charge in [-0.05, 0) is 47.4 Å². The van der Waals surface area contributed by atoms with Crippen LogP contribution < -0.4 is 9.64 Å². The van der Waals surface area contributed by atoms with Crippen LogP contribution in [0.4, 0.5) is 14.7 Å². The third-order valence-corrected chi connectivity index (χ3v) is 6.67. The van der Waals surface area contributed by atoms with Crippen molar-refractivity contribution in [3.8, 4) is 16.9 Å². The van der Waals surface area contributed by atoms with E-state index in [9.17, 15) is 17.2 Å². The smallest absolute Gasteiger partial charge is 0.225 e. The fraction of sp³-hybridized carbons (Fsp3) is 0.333. The topological polar surface area (TPSA) is 72.4 Å². The number of aryl methyl sites for hydroxylation is 1. The van der Waals surface area contributed by atoms with E-state index in [-0.39, 0.29) is 16.6 Å². The molecule has 0 unspecified atom stereocenters. The first-order valence-electron chi connectivity index (χ1n) is 10.7. The summed E-state index contributed by atoms with van der Waals surface area (Å²) in [4.78, 5) is 10.5. The Hall–Kier alpha value is -3.07. The summed E-state index contributed by atoms with van der Waals surface area (Å²) in [5.41, 5.74) is 1.93. The maximum absolute atomic E-state index is 14.6. The second kappa shape index (κ2) is 9.43. The number of hydrogen-bond donors (Lipinski definition) is 0. The fourth-order valence-electron chi connectivity index (χ4n) is 3.75. The highest BCUT2D eigenvalue weighted by molar-refractivity contribution is 7.90. The van der Waals surface area contributed by atoms with Crippen molar-refractivity contribution in [2.45, 2.75) is 24.7 Å². The number of benzene rings is 2. The molecule has 1 aliphatic heterocycles. The zero-order valence-corrected chi connectivity index (χ0v) is 19.3. The number of ether oxygens (including phenoxy) is 1. The van der Waals surface area contributed by atoms with Crippen molar-refractivity contribution in [2.24, 2.45) is 5.92 Å². The molecule has 4 rings (SSSR count). The van der Waals surface area contributed by atoms with Crippen molar-refractivity contribution in [3.63, 3.8) is 0 Å². The van der Waals surface area contributed by atoms with Gasteiger partial charge < -0.3 is 9.64 Å². The number of hydrogen-bond acceptors (Lipinski definition) is 6. The van der Waals surface area contributed by atoms with Crippen LogP contribution >= 0.6 is 0 Å². The lowest BCUT2D eigenvalue weighted by Crippen LogP contribution is -2.50. The van der Waals surface area contributed by atoms with Gasteiger partial charge in [0.15, 0.2) is 21.4 Å². The molecule has 0 radical (unpaired) electrons. The summed E-state index contributed by atoms with van der Waals surface area (Å²) in [5, 5.41) is 0. The first kappa shape index (κ1) is 23.1. The molecule has 0 atom stereocenters. The second-order valence-corrected chi connectivity index (χ2v) is 10.3. The van der Waals surface area contributed by atoms with Crippen molar-refractivity contribution in [2.75, 3.05) is 30.9 Å². The van der Waals surface area contributed by atoms with Gasteiger partial charge in [-0.1, -0.05) is 25.5 Å². The molecule has 9 heteroatoms. The van der Waals surface area contributed by atoms with E-state index >= 15 is 0 Å². The summed E-state index contributed by atoms with van der Waals surface area (Å²) in [5.74, 6) is -0.387. The molecule has 174 valence electrons. The zero-order chi connectivity index (χ0) is 23.6. The Bertz CT molecular complexity index is 1240. The number of halogens is 2. The van der Waals surface area contributed by atoms with Gasteiger partial charge in [-0.2, -0.15) is 0 Å². The maximum Gasteiger partial charge on any atom is 0.225 e. The average Bonchev–Trinajstić information content (AvgIpc) is 2.74. The molecule has 3 aromatic rings. The van der Waals surface area contributed by atoms with Gasteiger partial charge in [0.1, 0.15) is 10.7 Å². The van der Waals surface area contributed by atoms with Gasteiger partial charge >= 0.3 is 0 Å². The second-order valence-electron chi connectivity index (χ2n) is 8.29. The first-order chi connectivity index (χ1) is 15.7. The molecule has 0 spiro atoms. The maximum atomic E-state index is 14.6. The molecule has 2 aromatic carbocycles. The quantitative estimate of drug-likeness (QED) is 0.486. The third kappa shape index (κ3) is 5.30. The number of anilines is 1. The summed E-state index contributed by atoms with van der Waals surface area (Å²) < 4.78 is 57.5. The van der Waals surface area contributed by atoms with Crippen LogP contribution in [0.25, 0.3) is 11.1 Å². The van der Waals surface area contributed by atoms with E-state index in [4.69, 9.17) is 4.74 Å². The molecule has 1 aliphatic rings. The van der Waals surface area contributed by atoms with E-state index in [2.05, 4.69) is 21.8 Å². The molecule has 1 saturated heterocycles. The summed E-state index contributed by atoms with van der Waals surface area (Å²) in [7, 11) is -3.67. The predicted molar refractivity (Wildman–Crippen MR) is 122 cm³/mol. The molecule has 2 heterocycles. The van der Waals surface area contributed by atoms with Gasteiger partial charge in [0.2, 0.25) is 5.95 Å². The number of sulfone groups is 1. The molecule has 0 N–H and O–H groups in total. The van der Waals surface area contributed by atoms with Gasteiger partial charge in [0.25, 0.3) is 0 Å². The van der Waals surface area contributed by atoms with Crippen LogP contribution in [-0.2, 0) is 16.3 Å². The highest BCUT2D eigenvalue weighted by atomic mass is 32.2. The predicted octanol–water partition coefficient (Wildman–Crippen LogP) is 4.29. The SMILES string of the molecule is CCCc1cnc(N2CC(COc3ccc(-c4ccc(S(C)(=O)=O)c(F)c4)cc3F)C2)nc1. The van der Waals surface area contributed by atoms with Crippen LogP contribution in [0.1, 0.15) is 18.9 Å². The molecule has 6 nitrogen and oxygen atoms in total. The van der Waals surface area contributed by atoms with Crippen molar-refractivity contribution in [1.82, 2.24) is 9.97 Å². The summed E-state index contributed by atoms with van der Waals surface area (Å²) >= 11 is 0. The van der Waals surface area contributed by atoms with Gasteiger partial charge in [-0.3, -0.25) is 0 Å². The Morgan fingerprint density at radius 3 is 2.24 bits per heavy atom. The lowest BCUT2D eigenvalue weighted by Gasteiger charge is -2.38. The molecule has 0 aliphatic carbocycles. The minimum absolute atomic E-state index is 0.116. The largest absolute Gasteiger partial charge is 0.490 e. The van der Waals surface area contributed by atoms with Crippen molar-refractivity contribution < 1.29 is 21.9 Å². The van der Waals surface area contributed by atoms with E-state index in [0.29, 0.717) is 23.7 Å². The molecule has 1 fully saturated rings. The van der Waals surface area contributed by atoms with Crippen LogP contribution in [0.5, 0.6) is 5.75 Å². The zero-order valence-electron chi connectivity index (χ0n) is 18.5. The highest BCUT2D eigenvalue weighted by Crippen LogP contribution is 2.29. The Morgan fingerprint density at radius 2 is 1.67 bits per heavy atom. The van der Waals surface area contributed by atoms with Gasteiger partial charge in [0.05, 0.1) is 6.61 Å². The van der Waals surface area contributed by atoms with Crippen molar-refractivity contribution in [3.05, 3.63) is 66.0 Å². The van der Waals surface area contributed by atoms with E-state index in [1.54, 1.807) is 6.07 Å². The molecular formula is C24H25F2N3O3S. The lowest BCUT2D eigenvalue weighted by atomic mass is 10.0. The lowest BCUT2D eigenvalue weighted by molar-refractivity contribution is 0.212. The molecule has 0 saturated carbocycles. The molecule has 1 aromatic heterocycles. The van der Waals surface area contributed by atoms with Crippen LogP contribution in [0, 0.1) is 17.6 Å². The summed E-state index contributed by atoms with van der Waals surface area (Å²) in [6, 6.07) is 8.10. The molecule has 0 amide bonds. The fourth-order valence-corrected chi connectivity index (χ4v) is 4.48. The van der Waals surface area contributed by atoms with Gasteiger partial charge in [-0.25, -0.2) is 27.2 Å². The normalized spacial score (nSPS) is 14.2. The van der Waals surface area contributed by atoms with Crippen LogP contribution in [0.15, 0.2) is 53.7 Å². The summed E-state index contributed by atoms with van der Waals surface area (Å²) in [6.45, 7) is 3.94. The number of nitrogens with zero attached hydrogens (tertiary/aromatic N) is 3.